The number of hydrogen-bond donors (Lipinski definition) is 2. The number of carbonyl (C=O) groups excluding carboxylic acids is 1. The van der Waals surface area contributed by atoms with E-state index in [9.17, 15) is 4.79 Å². The number of ether oxygens (including phenoxy) is 3. The second-order valence-electron chi connectivity index (χ2n) is 9.03. The van der Waals surface area contributed by atoms with Crippen molar-refractivity contribution in [1.29, 1.82) is 0 Å². The normalized spacial score (nSPS) is 21.0. The van der Waals surface area contributed by atoms with Gasteiger partial charge in [0.1, 0.15) is 0 Å². The summed E-state index contributed by atoms with van der Waals surface area (Å²) in [6, 6.07) is 13.5. The first kappa shape index (κ1) is 23.2. The Morgan fingerprint density at radius 2 is 1.73 bits per heavy atom. The average Bonchev–Trinajstić information content (AvgIpc) is 3.31. The Bertz CT molecular complexity index is 918. The van der Waals surface area contributed by atoms with Gasteiger partial charge in [0.15, 0.2) is 11.5 Å². The summed E-state index contributed by atoms with van der Waals surface area (Å²) in [6.07, 6.45) is 5.32. The zero-order valence-corrected chi connectivity index (χ0v) is 19.8. The van der Waals surface area contributed by atoms with Crippen LogP contribution >= 0.6 is 0 Å². The Kier molecular flexibility index (Phi) is 7.60. The predicted molar refractivity (Wildman–Crippen MR) is 130 cm³/mol. The number of amides is 2. The van der Waals surface area contributed by atoms with Crippen LogP contribution in [-0.2, 0) is 11.3 Å². The molecular weight excluding hydrogens is 418 g/mol. The lowest BCUT2D eigenvalue weighted by molar-refractivity contribution is -0.00521. The zero-order valence-electron chi connectivity index (χ0n) is 19.8. The molecule has 1 heterocycles. The number of methoxy groups -OCH3 is 1. The molecule has 2 N–H and O–H groups in total. The summed E-state index contributed by atoms with van der Waals surface area (Å²) < 4.78 is 17.4. The van der Waals surface area contributed by atoms with E-state index in [4.69, 9.17) is 14.2 Å². The smallest absolute Gasteiger partial charge is 0.319 e. The van der Waals surface area contributed by atoms with E-state index in [0.29, 0.717) is 12.3 Å². The van der Waals surface area contributed by atoms with Gasteiger partial charge in [-0.25, -0.2) is 4.79 Å². The van der Waals surface area contributed by atoms with Gasteiger partial charge in [0.25, 0.3) is 0 Å². The van der Waals surface area contributed by atoms with Crippen LogP contribution < -0.4 is 25.0 Å². The van der Waals surface area contributed by atoms with Gasteiger partial charge in [-0.1, -0.05) is 6.07 Å². The van der Waals surface area contributed by atoms with Crippen LogP contribution in [0.25, 0.3) is 0 Å². The first-order valence-electron chi connectivity index (χ1n) is 11.9. The number of nitrogens with one attached hydrogen (secondary N) is 2. The molecule has 2 aromatic carbocycles. The molecule has 1 saturated carbocycles. The average molecular weight is 454 g/mol. The van der Waals surface area contributed by atoms with Crippen LogP contribution in [-0.4, -0.2) is 44.5 Å². The maximum absolute atomic E-state index is 12.4. The molecule has 7 heteroatoms. The van der Waals surface area contributed by atoms with Crippen LogP contribution in [0.15, 0.2) is 42.5 Å². The molecule has 2 aliphatic rings. The van der Waals surface area contributed by atoms with E-state index in [1.54, 1.807) is 7.11 Å². The number of carbonyl (C=O) groups is 1. The lowest BCUT2D eigenvalue weighted by atomic mass is 10.2. The third-order valence-electron chi connectivity index (χ3n) is 6.19. The van der Waals surface area contributed by atoms with E-state index >= 15 is 0 Å². The highest BCUT2D eigenvalue weighted by molar-refractivity contribution is 5.89. The van der Waals surface area contributed by atoms with Gasteiger partial charge in [0.05, 0.1) is 25.4 Å². The quantitative estimate of drug-likeness (QED) is 0.621. The summed E-state index contributed by atoms with van der Waals surface area (Å²) in [5.74, 6) is 1.46. The highest BCUT2D eigenvalue weighted by Gasteiger charge is 2.22. The summed E-state index contributed by atoms with van der Waals surface area (Å²) >= 11 is 0. The molecule has 2 aromatic rings. The molecular formula is C26H35N3O4. The van der Waals surface area contributed by atoms with E-state index in [0.717, 1.165) is 48.6 Å². The minimum absolute atomic E-state index is 0.208. The highest BCUT2D eigenvalue weighted by Crippen LogP contribution is 2.32. The topological polar surface area (TPSA) is 72.1 Å². The van der Waals surface area contributed by atoms with Crippen molar-refractivity contribution < 1.29 is 19.0 Å². The maximum Gasteiger partial charge on any atom is 0.319 e. The fourth-order valence-corrected chi connectivity index (χ4v) is 4.61. The Morgan fingerprint density at radius 3 is 2.39 bits per heavy atom. The van der Waals surface area contributed by atoms with Crippen LogP contribution in [0.2, 0.25) is 0 Å². The van der Waals surface area contributed by atoms with Gasteiger partial charge < -0.3 is 29.7 Å². The van der Waals surface area contributed by atoms with Crippen molar-refractivity contribution in [3.63, 3.8) is 0 Å². The van der Waals surface area contributed by atoms with Gasteiger partial charge >= 0.3 is 6.03 Å². The maximum atomic E-state index is 12.4. The lowest BCUT2D eigenvalue weighted by Crippen LogP contribution is -2.45. The Balaban J connectivity index is 1.28. The van der Waals surface area contributed by atoms with Gasteiger partial charge in [0.2, 0.25) is 0 Å². The molecule has 0 radical (unpaired) electrons. The van der Waals surface area contributed by atoms with Crippen LogP contribution in [0.4, 0.5) is 16.2 Å². The fraction of sp³-hybridized carbons (Fsp3) is 0.500. The van der Waals surface area contributed by atoms with Crippen LogP contribution in [0.1, 0.15) is 45.1 Å². The number of rotatable bonds is 7. The molecule has 0 aromatic heterocycles. The molecule has 2 atom stereocenters. The summed E-state index contributed by atoms with van der Waals surface area (Å²) in [6.45, 7) is 6.31. The van der Waals surface area contributed by atoms with E-state index in [1.807, 2.05) is 42.5 Å². The van der Waals surface area contributed by atoms with Gasteiger partial charge in [-0.2, -0.15) is 0 Å². The molecule has 0 bridgehead atoms. The van der Waals surface area contributed by atoms with Gasteiger partial charge in [-0.05, 0) is 81.5 Å². The van der Waals surface area contributed by atoms with Crippen molar-refractivity contribution in [3.8, 4) is 11.5 Å². The Labute approximate surface area is 196 Å². The molecule has 4 rings (SSSR count). The molecule has 1 saturated heterocycles. The number of nitrogens with zero attached hydrogens (tertiary/aromatic N) is 1. The number of urea groups is 1. The largest absolute Gasteiger partial charge is 0.493 e. The fourth-order valence-electron chi connectivity index (χ4n) is 4.61. The first-order chi connectivity index (χ1) is 16.0. The highest BCUT2D eigenvalue weighted by atomic mass is 16.5. The van der Waals surface area contributed by atoms with Crippen molar-refractivity contribution in [2.24, 2.45) is 0 Å². The summed E-state index contributed by atoms with van der Waals surface area (Å²) in [5, 5.41) is 5.81. The van der Waals surface area contributed by atoms with Gasteiger partial charge in [0, 0.05) is 31.0 Å². The van der Waals surface area contributed by atoms with Crippen LogP contribution in [0, 0.1) is 0 Å². The molecule has 2 fully saturated rings. The van der Waals surface area contributed by atoms with E-state index in [-0.39, 0.29) is 24.3 Å². The molecule has 1 aliphatic heterocycles. The zero-order chi connectivity index (χ0) is 23.2. The number of hydrogen-bond acceptors (Lipinski definition) is 5. The molecule has 1 aliphatic carbocycles. The van der Waals surface area contributed by atoms with Crippen molar-refractivity contribution in [2.45, 2.75) is 64.4 Å². The summed E-state index contributed by atoms with van der Waals surface area (Å²) in [4.78, 5) is 14.7. The van der Waals surface area contributed by atoms with Crippen LogP contribution in [0.3, 0.4) is 0 Å². The van der Waals surface area contributed by atoms with E-state index in [2.05, 4.69) is 29.4 Å². The summed E-state index contributed by atoms with van der Waals surface area (Å²) in [7, 11) is 1.64. The second-order valence-corrected chi connectivity index (χ2v) is 9.03. The molecule has 33 heavy (non-hydrogen) atoms. The summed E-state index contributed by atoms with van der Waals surface area (Å²) in [5.41, 5.74) is 2.84. The predicted octanol–water partition coefficient (Wildman–Crippen LogP) is 4.95. The lowest BCUT2D eigenvalue weighted by Gasteiger charge is -2.36. The minimum Gasteiger partial charge on any atom is -0.493 e. The second kappa shape index (κ2) is 10.8. The first-order valence-corrected chi connectivity index (χ1v) is 11.9. The van der Waals surface area contributed by atoms with Crippen molar-refractivity contribution in [3.05, 3.63) is 48.0 Å². The number of anilines is 2. The number of benzene rings is 2. The molecule has 178 valence electrons. The standard InChI is InChI=1S/C26H35N3O4/c1-18-16-29(17-19(2)32-18)22-11-9-21(10-12-22)28-26(30)27-15-20-8-13-24(25(14-20)31-3)33-23-6-4-5-7-23/h8-14,18-19,23H,4-7,15-17H2,1-3H3,(H2,27,28,30). The molecule has 7 nitrogen and oxygen atoms in total. The van der Waals surface area contributed by atoms with Crippen molar-refractivity contribution in [1.82, 2.24) is 5.32 Å². The van der Waals surface area contributed by atoms with Crippen molar-refractivity contribution in [2.75, 3.05) is 30.4 Å². The monoisotopic (exact) mass is 453 g/mol. The third-order valence-corrected chi connectivity index (χ3v) is 6.19. The van der Waals surface area contributed by atoms with Crippen molar-refractivity contribution >= 4 is 17.4 Å². The van der Waals surface area contributed by atoms with Crippen LogP contribution in [0.5, 0.6) is 11.5 Å². The SMILES string of the molecule is COc1cc(CNC(=O)Nc2ccc(N3CC(C)OC(C)C3)cc2)ccc1OC1CCCC1. The van der Waals surface area contributed by atoms with Gasteiger partial charge in [-0.15, -0.1) is 0 Å². The van der Waals surface area contributed by atoms with Gasteiger partial charge in [-0.3, -0.25) is 0 Å². The minimum atomic E-state index is -0.249. The van der Waals surface area contributed by atoms with E-state index in [1.165, 1.54) is 12.8 Å². The molecule has 2 amide bonds. The molecule has 0 spiro atoms. The Hall–Kier alpha value is -2.93. The Morgan fingerprint density at radius 1 is 1.03 bits per heavy atom. The third kappa shape index (κ3) is 6.32. The van der Waals surface area contributed by atoms with E-state index < -0.39 is 0 Å². The molecule has 2 unspecified atom stereocenters. The number of morpholine rings is 1.